The van der Waals surface area contributed by atoms with E-state index in [1.54, 1.807) is 11.6 Å². The first kappa shape index (κ1) is 10.2. The molecule has 0 saturated heterocycles. The van der Waals surface area contributed by atoms with Gasteiger partial charge in [-0.1, -0.05) is 0 Å². The molecule has 2 atom stereocenters. The molecule has 0 aromatic carbocycles. The second-order valence-corrected chi connectivity index (χ2v) is 4.13. The summed E-state index contributed by atoms with van der Waals surface area (Å²) in [5, 5.41) is 12.9. The number of hydrogen-bond acceptors (Lipinski definition) is 3. The summed E-state index contributed by atoms with van der Waals surface area (Å²) in [6.07, 6.45) is 6.14. The Morgan fingerprint density at radius 1 is 1.73 bits per heavy atom. The fourth-order valence-electron chi connectivity index (χ4n) is 1.57. The van der Waals surface area contributed by atoms with Gasteiger partial charge in [-0.3, -0.25) is 9.48 Å². The highest BCUT2D eigenvalue weighted by Gasteiger charge is 2.27. The zero-order valence-corrected chi connectivity index (χ0v) is 8.63. The minimum atomic E-state index is -0.994. The molecule has 1 saturated carbocycles. The van der Waals surface area contributed by atoms with Crippen LogP contribution in [0.15, 0.2) is 12.4 Å². The average molecular weight is 209 g/mol. The van der Waals surface area contributed by atoms with E-state index in [0.29, 0.717) is 5.92 Å². The first-order chi connectivity index (χ1) is 7.09. The maximum absolute atomic E-state index is 10.7. The molecule has 15 heavy (non-hydrogen) atoms. The number of nitrogens with two attached hydrogens (primary N) is 1. The molecule has 0 amide bonds. The lowest BCUT2D eigenvalue weighted by molar-refractivity contribution is -0.139. The van der Waals surface area contributed by atoms with Crippen molar-refractivity contribution >= 4 is 5.97 Å². The third-order valence-corrected chi connectivity index (χ3v) is 2.89. The van der Waals surface area contributed by atoms with Gasteiger partial charge in [-0.25, -0.2) is 0 Å². The van der Waals surface area contributed by atoms with E-state index < -0.39 is 12.0 Å². The number of carboxylic acid groups (broad SMARTS) is 1. The minimum absolute atomic E-state index is 0.310. The maximum Gasteiger partial charge on any atom is 0.322 e. The average Bonchev–Trinajstić information content (AvgIpc) is 2.94. The number of aliphatic carboxylic acids is 1. The molecule has 2 unspecified atom stereocenters. The van der Waals surface area contributed by atoms with E-state index in [2.05, 4.69) is 5.10 Å². The Morgan fingerprint density at radius 2 is 2.40 bits per heavy atom. The molecule has 1 aliphatic rings. The minimum Gasteiger partial charge on any atom is -0.480 e. The van der Waals surface area contributed by atoms with Crippen LogP contribution in [0.4, 0.5) is 0 Å². The van der Waals surface area contributed by atoms with E-state index in [4.69, 9.17) is 10.8 Å². The van der Waals surface area contributed by atoms with Crippen molar-refractivity contribution in [3.63, 3.8) is 0 Å². The van der Waals surface area contributed by atoms with Gasteiger partial charge in [0, 0.05) is 6.20 Å². The maximum atomic E-state index is 10.7. The van der Waals surface area contributed by atoms with Crippen LogP contribution in [0.3, 0.4) is 0 Å². The summed E-state index contributed by atoms with van der Waals surface area (Å²) < 4.78 is 1.65. The highest BCUT2D eigenvalue weighted by Crippen LogP contribution is 2.39. The molecule has 0 bridgehead atoms. The molecule has 2 rings (SSSR count). The van der Waals surface area contributed by atoms with Crippen LogP contribution in [0.1, 0.15) is 37.3 Å². The third-order valence-electron chi connectivity index (χ3n) is 2.89. The van der Waals surface area contributed by atoms with E-state index in [9.17, 15) is 4.79 Å². The van der Waals surface area contributed by atoms with Crippen molar-refractivity contribution < 1.29 is 9.90 Å². The van der Waals surface area contributed by atoms with E-state index in [-0.39, 0.29) is 6.04 Å². The second kappa shape index (κ2) is 3.66. The fraction of sp³-hybridized carbons (Fsp3) is 0.600. The van der Waals surface area contributed by atoms with Crippen molar-refractivity contribution in [3.8, 4) is 0 Å². The van der Waals surface area contributed by atoms with Crippen LogP contribution < -0.4 is 5.73 Å². The second-order valence-electron chi connectivity index (χ2n) is 4.13. The van der Waals surface area contributed by atoms with E-state index in [1.165, 1.54) is 18.4 Å². The molecule has 1 heterocycles. The lowest BCUT2D eigenvalue weighted by Crippen LogP contribution is -2.38. The lowest BCUT2D eigenvalue weighted by Gasteiger charge is -2.15. The molecule has 1 aromatic rings. The smallest absolute Gasteiger partial charge is 0.322 e. The number of nitrogens with zero attached hydrogens (tertiary/aromatic N) is 2. The molecule has 1 aliphatic carbocycles. The zero-order valence-electron chi connectivity index (χ0n) is 8.63. The fourth-order valence-corrected chi connectivity index (χ4v) is 1.57. The Labute approximate surface area is 87.9 Å². The van der Waals surface area contributed by atoms with Gasteiger partial charge >= 0.3 is 5.97 Å². The Bertz CT molecular complexity index is 370. The van der Waals surface area contributed by atoms with Crippen LogP contribution in [-0.4, -0.2) is 26.9 Å². The summed E-state index contributed by atoms with van der Waals surface area (Å²) in [6.45, 7) is 1.77. The third kappa shape index (κ3) is 2.02. The summed E-state index contributed by atoms with van der Waals surface area (Å²) >= 11 is 0. The first-order valence-electron chi connectivity index (χ1n) is 5.12. The number of rotatable bonds is 4. The van der Waals surface area contributed by atoms with Crippen LogP contribution in [0.25, 0.3) is 0 Å². The lowest BCUT2D eigenvalue weighted by atomic mass is 10.1. The van der Waals surface area contributed by atoms with Gasteiger partial charge in [0.2, 0.25) is 0 Å². The quantitative estimate of drug-likeness (QED) is 0.766. The Hall–Kier alpha value is -1.36. The highest BCUT2D eigenvalue weighted by molar-refractivity contribution is 5.73. The number of carboxylic acids is 1. The van der Waals surface area contributed by atoms with Crippen LogP contribution >= 0.6 is 0 Å². The van der Waals surface area contributed by atoms with Gasteiger partial charge in [0.05, 0.1) is 12.2 Å². The summed E-state index contributed by atoms with van der Waals surface area (Å²) in [5.74, 6) is -0.363. The summed E-state index contributed by atoms with van der Waals surface area (Å²) in [5.41, 5.74) is 6.73. The molecule has 82 valence electrons. The normalized spacial score (nSPS) is 19.9. The number of aromatic nitrogens is 2. The molecule has 3 N–H and O–H groups in total. The molecular formula is C10H15N3O2. The van der Waals surface area contributed by atoms with Gasteiger partial charge in [-0.2, -0.15) is 5.10 Å². The molecule has 0 aliphatic heterocycles. The van der Waals surface area contributed by atoms with Crippen LogP contribution in [0, 0.1) is 0 Å². The van der Waals surface area contributed by atoms with Gasteiger partial charge in [-0.15, -0.1) is 0 Å². The molecule has 0 radical (unpaired) electrons. The van der Waals surface area contributed by atoms with Crippen molar-refractivity contribution in [2.75, 3.05) is 0 Å². The standard InChI is InChI=1S/C10H15N3O2/c1-6(9(11)10(14)15)13-5-8(4-12-13)7-2-3-7/h4-7,9H,2-3,11H2,1H3,(H,14,15). The van der Waals surface area contributed by atoms with Crippen LogP contribution in [0.5, 0.6) is 0 Å². The van der Waals surface area contributed by atoms with Gasteiger partial charge < -0.3 is 10.8 Å². The van der Waals surface area contributed by atoms with Crippen molar-refractivity contribution in [2.24, 2.45) is 5.73 Å². The van der Waals surface area contributed by atoms with Crippen molar-refractivity contribution in [3.05, 3.63) is 18.0 Å². The molecule has 0 spiro atoms. The zero-order chi connectivity index (χ0) is 11.0. The van der Waals surface area contributed by atoms with E-state index >= 15 is 0 Å². The van der Waals surface area contributed by atoms with Gasteiger partial charge in [0.1, 0.15) is 6.04 Å². The predicted octanol–water partition coefficient (Wildman–Crippen LogP) is 0.733. The summed E-state index contributed by atoms with van der Waals surface area (Å²) in [6, 6.07) is -1.22. The molecule has 5 nitrogen and oxygen atoms in total. The SMILES string of the molecule is CC(C(N)C(=O)O)n1cc(C2CC2)cn1. The Morgan fingerprint density at radius 3 is 2.93 bits per heavy atom. The Kier molecular flexibility index (Phi) is 2.48. The predicted molar refractivity (Wildman–Crippen MR) is 54.5 cm³/mol. The number of hydrogen-bond donors (Lipinski definition) is 2. The van der Waals surface area contributed by atoms with Crippen molar-refractivity contribution in [1.29, 1.82) is 0 Å². The summed E-state index contributed by atoms with van der Waals surface area (Å²) in [4.78, 5) is 10.7. The van der Waals surface area contributed by atoms with Crippen LogP contribution in [-0.2, 0) is 4.79 Å². The molecule has 5 heteroatoms. The largest absolute Gasteiger partial charge is 0.480 e. The Balaban J connectivity index is 2.10. The molecule has 1 fully saturated rings. The number of carbonyl (C=O) groups is 1. The summed E-state index contributed by atoms with van der Waals surface area (Å²) in [7, 11) is 0. The van der Waals surface area contributed by atoms with Gasteiger partial charge in [-0.05, 0) is 31.2 Å². The topological polar surface area (TPSA) is 81.1 Å². The van der Waals surface area contributed by atoms with Crippen molar-refractivity contribution in [1.82, 2.24) is 9.78 Å². The van der Waals surface area contributed by atoms with E-state index in [1.807, 2.05) is 12.4 Å². The van der Waals surface area contributed by atoms with Gasteiger partial charge in [0.25, 0.3) is 0 Å². The first-order valence-corrected chi connectivity index (χ1v) is 5.12. The van der Waals surface area contributed by atoms with Crippen LogP contribution in [0.2, 0.25) is 0 Å². The molecule has 1 aromatic heterocycles. The monoisotopic (exact) mass is 209 g/mol. The van der Waals surface area contributed by atoms with Gasteiger partial charge in [0.15, 0.2) is 0 Å². The highest BCUT2D eigenvalue weighted by atomic mass is 16.4. The van der Waals surface area contributed by atoms with E-state index in [0.717, 1.165) is 0 Å². The molecular weight excluding hydrogens is 194 g/mol. The van der Waals surface area contributed by atoms with Crippen molar-refractivity contribution in [2.45, 2.75) is 37.8 Å².